The predicted molar refractivity (Wildman–Crippen MR) is 72.3 cm³/mol. The number of benzene rings is 1. The summed E-state index contributed by atoms with van der Waals surface area (Å²) in [6.45, 7) is 1.87. The molecule has 3 nitrogen and oxygen atoms in total. The molecule has 0 saturated heterocycles. The van der Waals surface area contributed by atoms with Gasteiger partial charge in [-0.1, -0.05) is 30.3 Å². The molecule has 92 valence electrons. The van der Waals surface area contributed by atoms with Crippen LogP contribution in [0.4, 0.5) is 0 Å². The topological polar surface area (TPSA) is 29.9 Å². The molecule has 0 fully saturated rings. The Balaban J connectivity index is 0.00000144. The maximum atomic E-state index is 4.13. The van der Waals surface area contributed by atoms with Gasteiger partial charge in [0.2, 0.25) is 0 Å². The van der Waals surface area contributed by atoms with Crippen molar-refractivity contribution in [2.24, 2.45) is 7.05 Å². The standard InChI is InChI=1S/C13H17N3.ClH/c1-16-13(8-10-15-16)11-14-9-7-12-5-3-2-4-6-12;/h2-6,8,10,14H,7,9,11H2,1H3;1H. The zero-order valence-corrected chi connectivity index (χ0v) is 10.8. The van der Waals surface area contributed by atoms with Crippen molar-refractivity contribution >= 4 is 12.4 Å². The maximum absolute atomic E-state index is 4.13. The summed E-state index contributed by atoms with van der Waals surface area (Å²) in [7, 11) is 1.97. The molecule has 17 heavy (non-hydrogen) atoms. The van der Waals surface area contributed by atoms with Crippen molar-refractivity contribution in [3.8, 4) is 0 Å². The summed E-state index contributed by atoms with van der Waals surface area (Å²) in [6, 6.07) is 12.6. The van der Waals surface area contributed by atoms with Crippen LogP contribution in [0.3, 0.4) is 0 Å². The molecular weight excluding hydrogens is 234 g/mol. The Morgan fingerprint density at radius 2 is 1.94 bits per heavy atom. The fourth-order valence-electron chi connectivity index (χ4n) is 1.67. The predicted octanol–water partition coefficient (Wildman–Crippen LogP) is 2.17. The van der Waals surface area contributed by atoms with Gasteiger partial charge in [-0.2, -0.15) is 5.10 Å². The minimum Gasteiger partial charge on any atom is -0.311 e. The van der Waals surface area contributed by atoms with E-state index >= 15 is 0 Å². The highest BCUT2D eigenvalue weighted by atomic mass is 35.5. The van der Waals surface area contributed by atoms with Gasteiger partial charge in [0, 0.05) is 19.8 Å². The van der Waals surface area contributed by atoms with E-state index in [9.17, 15) is 0 Å². The van der Waals surface area contributed by atoms with E-state index in [-0.39, 0.29) is 12.4 Å². The fraction of sp³-hybridized carbons (Fsp3) is 0.308. The largest absolute Gasteiger partial charge is 0.311 e. The molecule has 0 aliphatic carbocycles. The number of halogens is 1. The Morgan fingerprint density at radius 1 is 1.18 bits per heavy atom. The lowest BCUT2D eigenvalue weighted by molar-refractivity contribution is 0.626. The van der Waals surface area contributed by atoms with Gasteiger partial charge in [0.1, 0.15) is 0 Å². The minimum atomic E-state index is 0. The van der Waals surface area contributed by atoms with Gasteiger partial charge in [0.25, 0.3) is 0 Å². The number of rotatable bonds is 5. The molecule has 0 amide bonds. The van der Waals surface area contributed by atoms with Crippen LogP contribution in [0.15, 0.2) is 42.6 Å². The van der Waals surface area contributed by atoms with E-state index in [2.05, 4.69) is 34.7 Å². The molecule has 0 atom stereocenters. The van der Waals surface area contributed by atoms with Gasteiger partial charge >= 0.3 is 0 Å². The minimum absolute atomic E-state index is 0. The van der Waals surface area contributed by atoms with E-state index in [0.717, 1.165) is 19.5 Å². The zero-order chi connectivity index (χ0) is 11.2. The number of nitrogens with one attached hydrogen (secondary N) is 1. The molecular formula is C13H18ClN3. The van der Waals surface area contributed by atoms with Crippen LogP contribution in [0.2, 0.25) is 0 Å². The monoisotopic (exact) mass is 251 g/mol. The van der Waals surface area contributed by atoms with Crippen LogP contribution in [0.5, 0.6) is 0 Å². The van der Waals surface area contributed by atoms with Crippen LogP contribution < -0.4 is 5.32 Å². The summed E-state index contributed by atoms with van der Waals surface area (Å²) in [4.78, 5) is 0. The first-order valence-electron chi connectivity index (χ1n) is 5.58. The average molecular weight is 252 g/mol. The molecule has 4 heteroatoms. The van der Waals surface area contributed by atoms with Gasteiger partial charge in [0.05, 0.1) is 5.69 Å². The van der Waals surface area contributed by atoms with Gasteiger partial charge < -0.3 is 5.32 Å². The quantitative estimate of drug-likeness (QED) is 0.826. The Labute approximate surface area is 108 Å². The lowest BCUT2D eigenvalue weighted by Crippen LogP contribution is -2.18. The first kappa shape index (κ1) is 13.7. The fourth-order valence-corrected chi connectivity index (χ4v) is 1.67. The van der Waals surface area contributed by atoms with Crippen molar-refractivity contribution < 1.29 is 0 Å². The molecule has 1 heterocycles. The first-order valence-corrected chi connectivity index (χ1v) is 5.58. The molecule has 0 radical (unpaired) electrons. The Hall–Kier alpha value is -1.32. The number of nitrogens with zero attached hydrogens (tertiary/aromatic N) is 2. The second-order valence-electron chi connectivity index (χ2n) is 3.86. The van der Waals surface area contributed by atoms with Gasteiger partial charge in [-0.25, -0.2) is 0 Å². The van der Waals surface area contributed by atoms with Crippen LogP contribution >= 0.6 is 12.4 Å². The molecule has 2 aromatic rings. The van der Waals surface area contributed by atoms with Crippen molar-refractivity contribution in [1.82, 2.24) is 15.1 Å². The van der Waals surface area contributed by atoms with Crippen LogP contribution in [0.1, 0.15) is 11.3 Å². The SMILES string of the molecule is Cl.Cn1nccc1CNCCc1ccccc1. The van der Waals surface area contributed by atoms with Crippen molar-refractivity contribution in [2.75, 3.05) is 6.54 Å². The average Bonchev–Trinajstić information content (AvgIpc) is 2.72. The third-order valence-corrected chi connectivity index (χ3v) is 2.66. The molecule has 1 N–H and O–H groups in total. The lowest BCUT2D eigenvalue weighted by atomic mass is 10.1. The third kappa shape index (κ3) is 4.21. The van der Waals surface area contributed by atoms with Gasteiger partial charge in [-0.05, 0) is 24.6 Å². The van der Waals surface area contributed by atoms with Crippen molar-refractivity contribution in [1.29, 1.82) is 0 Å². The number of hydrogen-bond donors (Lipinski definition) is 1. The third-order valence-electron chi connectivity index (χ3n) is 2.66. The molecule has 0 unspecified atom stereocenters. The molecule has 1 aromatic carbocycles. The molecule has 2 rings (SSSR count). The van der Waals surface area contributed by atoms with Crippen molar-refractivity contribution in [3.63, 3.8) is 0 Å². The molecule has 0 aliphatic heterocycles. The number of hydrogen-bond acceptors (Lipinski definition) is 2. The van der Waals surface area contributed by atoms with E-state index in [1.807, 2.05) is 30.1 Å². The van der Waals surface area contributed by atoms with Crippen LogP contribution in [-0.4, -0.2) is 16.3 Å². The normalized spacial score (nSPS) is 9.94. The molecule has 0 aliphatic rings. The van der Waals surface area contributed by atoms with Crippen LogP contribution in [0.25, 0.3) is 0 Å². The summed E-state index contributed by atoms with van der Waals surface area (Å²) in [6.07, 6.45) is 2.90. The lowest BCUT2D eigenvalue weighted by Gasteiger charge is -2.05. The van der Waals surface area contributed by atoms with Crippen LogP contribution in [0, 0.1) is 0 Å². The maximum Gasteiger partial charge on any atom is 0.0518 e. The number of aryl methyl sites for hydroxylation is 1. The second-order valence-corrected chi connectivity index (χ2v) is 3.86. The Bertz CT molecular complexity index is 425. The molecule has 0 saturated carbocycles. The molecule has 0 bridgehead atoms. The van der Waals surface area contributed by atoms with E-state index in [4.69, 9.17) is 0 Å². The van der Waals surface area contributed by atoms with Crippen molar-refractivity contribution in [2.45, 2.75) is 13.0 Å². The summed E-state index contributed by atoms with van der Waals surface area (Å²) >= 11 is 0. The Morgan fingerprint density at radius 3 is 2.59 bits per heavy atom. The van der Waals surface area contributed by atoms with Gasteiger partial charge in [-0.15, -0.1) is 12.4 Å². The van der Waals surface area contributed by atoms with E-state index < -0.39 is 0 Å². The van der Waals surface area contributed by atoms with Gasteiger partial charge in [0.15, 0.2) is 0 Å². The summed E-state index contributed by atoms with van der Waals surface area (Å²) in [5.41, 5.74) is 2.59. The van der Waals surface area contributed by atoms with Crippen LogP contribution in [-0.2, 0) is 20.0 Å². The highest BCUT2D eigenvalue weighted by Crippen LogP contribution is 1.99. The summed E-state index contributed by atoms with van der Waals surface area (Å²) in [5.74, 6) is 0. The van der Waals surface area contributed by atoms with Gasteiger partial charge in [-0.3, -0.25) is 4.68 Å². The zero-order valence-electron chi connectivity index (χ0n) is 9.97. The van der Waals surface area contributed by atoms with E-state index in [1.165, 1.54) is 11.3 Å². The Kier molecular flexibility index (Phi) is 5.73. The molecule has 0 spiro atoms. The smallest absolute Gasteiger partial charge is 0.0518 e. The summed E-state index contributed by atoms with van der Waals surface area (Å²) < 4.78 is 1.90. The van der Waals surface area contributed by atoms with E-state index in [1.54, 1.807) is 0 Å². The molecule has 1 aromatic heterocycles. The second kappa shape index (κ2) is 7.09. The first-order chi connectivity index (χ1) is 7.86. The van der Waals surface area contributed by atoms with Crippen molar-refractivity contribution in [3.05, 3.63) is 53.9 Å². The number of aromatic nitrogens is 2. The summed E-state index contributed by atoms with van der Waals surface area (Å²) in [5, 5.41) is 7.55. The highest BCUT2D eigenvalue weighted by Gasteiger charge is 1.97. The van der Waals surface area contributed by atoms with E-state index in [0.29, 0.717) is 0 Å². The highest BCUT2D eigenvalue weighted by molar-refractivity contribution is 5.85.